The van der Waals surface area contributed by atoms with Crippen molar-refractivity contribution in [3.63, 3.8) is 0 Å². The SMILES string of the molecule is CC1CC1Nc1ncnc2ccc(N)cc12. The average Bonchev–Trinajstić information content (AvgIpc) is 2.95. The summed E-state index contributed by atoms with van der Waals surface area (Å²) in [4.78, 5) is 8.51. The van der Waals surface area contributed by atoms with Crippen LogP contribution in [0, 0.1) is 5.92 Å². The summed E-state index contributed by atoms with van der Waals surface area (Å²) >= 11 is 0. The molecule has 0 amide bonds. The molecule has 3 rings (SSSR count). The van der Waals surface area contributed by atoms with Gasteiger partial charge < -0.3 is 11.1 Å². The van der Waals surface area contributed by atoms with Crippen LogP contribution in [-0.4, -0.2) is 16.0 Å². The number of anilines is 2. The number of nitrogen functional groups attached to an aromatic ring is 1. The first-order chi connectivity index (χ1) is 7.74. The van der Waals surface area contributed by atoms with Gasteiger partial charge in [-0.25, -0.2) is 9.97 Å². The lowest BCUT2D eigenvalue weighted by molar-refractivity contribution is 0.924. The van der Waals surface area contributed by atoms with E-state index in [4.69, 9.17) is 5.73 Å². The second kappa shape index (κ2) is 3.33. The molecule has 1 aliphatic carbocycles. The minimum atomic E-state index is 0.555. The van der Waals surface area contributed by atoms with Crippen molar-refractivity contribution in [3.8, 4) is 0 Å². The van der Waals surface area contributed by atoms with Gasteiger partial charge in [0.15, 0.2) is 0 Å². The van der Waals surface area contributed by atoms with Crippen LogP contribution in [0.3, 0.4) is 0 Å². The molecular formula is C12H14N4. The summed E-state index contributed by atoms with van der Waals surface area (Å²) in [7, 11) is 0. The van der Waals surface area contributed by atoms with Crippen molar-refractivity contribution in [3.05, 3.63) is 24.5 Å². The smallest absolute Gasteiger partial charge is 0.137 e. The van der Waals surface area contributed by atoms with E-state index in [9.17, 15) is 0 Å². The first-order valence-electron chi connectivity index (χ1n) is 5.51. The largest absolute Gasteiger partial charge is 0.399 e. The lowest BCUT2D eigenvalue weighted by Gasteiger charge is -2.07. The number of nitrogens with zero attached hydrogens (tertiary/aromatic N) is 2. The Morgan fingerprint density at radius 2 is 2.19 bits per heavy atom. The highest BCUT2D eigenvalue weighted by atomic mass is 15.1. The van der Waals surface area contributed by atoms with Gasteiger partial charge >= 0.3 is 0 Å². The molecule has 2 atom stereocenters. The Bertz CT molecular complexity index is 538. The Morgan fingerprint density at radius 1 is 1.38 bits per heavy atom. The predicted molar refractivity (Wildman–Crippen MR) is 65.1 cm³/mol. The van der Waals surface area contributed by atoms with E-state index in [1.165, 1.54) is 6.42 Å². The van der Waals surface area contributed by atoms with Crippen LogP contribution in [0.25, 0.3) is 10.9 Å². The molecule has 3 N–H and O–H groups in total. The molecule has 0 bridgehead atoms. The highest BCUT2D eigenvalue weighted by Gasteiger charge is 2.32. The third kappa shape index (κ3) is 1.56. The minimum absolute atomic E-state index is 0.555. The first-order valence-corrected chi connectivity index (χ1v) is 5.51. The zero-order chi connectivity index (χ0) is 11.1. The van der Waals surface area contributed by atoms with Crippen molar-refractivity contribution in [2.24, 2.45) is 5.92 Å². The molecule has 2 unspecified atom stereocenters. The van der Waals surface area contributed by atoms with Crippen LogP contribution >= 0.6 is 0 Å². The van der Waals surface area contributed by atoms with Crippen LogP contribution in [0.2, 0.25) is 0 Å². The Kier molecular flexibility index (Phi) is 1.96. The monoisotopic (exact) mass is 214 g/mol. The van der Waals surface area contributed by atoms with Gasteiger partial charge in [0.2, 0.25) is 0 Å². The molecular weight excluding hydrogens is 200 g/mol. The van der Waals surface area contributed by atoms with Gasteiger partial charge in [0.1, 0.15) is 12.1 Å². The van der Waals surface area contributed by atoms with Crippen LogP contribution in [0.1, 0.15) is 13.3 Å². The molecule has 0 spiro atoms. The highest BCUT2D eigenvalue weighted by molar-refractivity contribution is 5.91. The molecule has 1 saturated carbocycles. The lowest BCUT2D eigenvalue weighted by Crippen LogP contribution is -2.06. The van der Waals surface area contributed by atoms with E-state index in [1.807, 2.05) is 18.2 Å². The molecule has 16 heavy (non-hydrogen) atoms. The van der Waals surface area contributed by atoms with Gasteiger partial charge in [-0.15, -0.1) is 0 Å². The molecule has 1 fully saturated rings. The van der Waals surface area contributed by atoms with E-state index in [2.05, 4.69) is 22.2 Å². The number of hydrogen-bond donors (Lipinski definition) is 2. The van der Waals surface area contributed by atoms with Crippen molar-refractivity contribution in [1.29, 1.82) is 0 Å². The third-order valence-corrected chi connectivity index (χ3v) is 3.09. The van der Waals surface area contributed by atoms with Crippen LogP contribution in [-0.2, 0) is 0 Å². The van der Waals surface area contributed by atoms with Crippen molar-refractivity contribution < 1.29 is 0 Å². The van der Waals surface area contributed by atoms with Gasteiger partial charge in [-0.05, 0) is 30.5 Å². The van der Waals surface area contributed by atoms with E-state index in [1.54, 1.807) is 6.33 Å². The first kappa shape index (κ1) is 9.39. The number of nitrogens with one attached hydrogen (secondary N) is 1. The number of benzene rings is 1. The summed E-state index contributed by atoms with van der Waals surface area (Å²) in [5.74, 6) is 1.64. The van der Waals surface area contributed by atoms with Crippen LogP contribution < -0.4 is 11.1 Å². The minimum Gasteiger partial charge on any atom is -0.399 e. The highest BCUT2D eigenvalue weighted by Crippen LogP contribution is 2.33. The summed E-state index contributed by atoms with van der Waals surface area (Å²) in [6, 6.07) is 6.26. The van der Waals surface area contributed by atoms with Crippen LogP contribution in [0.5, 0.6) is 0 Å². The molecule has 4 nitrogen and oxygen atoms in total. The topological polar surface area (TPSA) is 63.8 Å². The standard InChI is InChI=1S/C12H14N4/c1-7-4-11(7)16-12-9-5-8(13)2-3-10(9)14-6-15-12/h2-3,5-7,11H,4,13H2,1H3,(H,14,15,16). The molecule has 1 aliphatic rings. The molecule has 0 saturated heterocycles. The Hall–Kier alpha value is -1.84. The summed E-state index contributed by atoms with van der Waals surface area (Å²) in [5, 5.41) is 4.43. The maximum absolute atomic E-state index is 5.78. The molecule has 2 aromatic rings. The summed E-state index contributed by atoms with van der Waals surface area (Å²) < 4.78 is 0. The second-order valence-corrected chi connectivity index (χ2v) is 4.46. The van der Waals surface area contributed by atoms with E-state index in [0.717, 1.165) is 28.3 Å². The number of hydrogen-bond acceptors (Lipinski definition) is 4. The summed E-state index contributed by atoms with van der Waals surface area (Å²) in [5.41, 5.74) is 7.46. The van der Waals surface area contributed by atoms with Gasteiger partial charge in [0.05, 0.1) is 5.52 Å². The fraction of sp³-hybridized carbons (Fsp3) is 0.333. The quantitative estimate of drug-likeness (QED) is 0.751. The normalized spacial score (nSPS) is 23.3. The zero-order valence-electron chi connectivity index (χ0n) is 9.14. The maximum atomic E-state index is 5.78. The summed E-state index contributed by atoms with van der Waals surface area (Å²) in [6.07, 6.45) is 2.81. The van der Waals surface area contributed by atoms with Gasteiger partial charge in [-0.3, -0.25) is 0 Å². The van der Waals surface area contributed by atoms with Crippen molar-refractivity contribution >= 4 is 22.4 Å². The van der Waals surface area contributed by atoms with Crippen molar-refractivity contribution in [1.82, 2.24) is 9.97 Å². The lowest BCUT2D eigenvalue weighted by atomic mass is 10.2. The molecule has 1 heterocycles. The molecule has 1 aromatic carbocycles. The fourth-order valence-electron chi connectivity index (χ4n) is 1.89. The average molecular weight is 214 g/mol. The van der Waals surface area contributed by atoms with Crippen LogP contribution in [0.4, 0.5) is 11.5 Å². The Labute approximate surface area is 93.9 Å². The fourth-order valence-corrected chi connectivity index (χ4v) is 1.89. The number of rotatable bonds is 2. The van der Waals surface area contributed by atoms with Gasteiger partial charge in [-0.2, -0.15) is 0 Å². The Balaban J connectivity index is 2.05. The third-order valence-electron chi connectivity index (χ3n) is 3.09. The van der Waals surface area contributed by atoms with Crippen LogP contribution in [0.15, 0.2) is 24.5 Å². The van der Waals surface area contributed by atoms with E-state index < -0.39 is 0 Å². The number of fused-ring (bicyclic) bond motifs is 1. The van der Waals surface area contributed by atoms with Crippen molar-refractivity contribution in [2.75, 3.05) is 11.1 Å². The maximum Gasteiger partial charge on any atom is 0.137 e. The molecule has 0 aliphatic heterocycles. The summed E-state index contributed by atoms with van der Waals surface area (Å²) in [6.45, 7) is 2.23. The van der Waals surface area contributed by atoms with Gasteiger partial charge in [-0.1, -0.05) is 6.92 Å². The number of aromatic nitrogens is 2. The second-order valence-electron chi connectivity index (χ2n) is 4.46. The van der Waals surface area contributed by atoms with Gasteiger partial charge in [0, 0.05) is 17.1 Å². The molecule has 82 valence electrons. The van der Waals surface area contributed by atoms with E-state index >= 15 is 0 Å². The van der Waals surface area contributed by atoms with E-state index in [-0.39, 0.29) is 0 Å². The van der Waals surface area contributed by atoms with Gasteiger partial charge in [0.25, 0.3) is 0 Å². The zero-order valence-corrected chi connectivity index (χ0v) is 9.14. The molecule has 4 heteroatoms. The van der Waals surface area contributed by atoms with Crippen molar-refractivity contribution in [2.45, 2.75) is 19.4 Å². The predicted octanol–water partition coefficient (Wildman–Crippen LogP) is 2.03. The number of nitrogens with two attached hydrogens (primary N) is 1. The Morgan fingerprint density at radius 3 is 2.94 bits per heavy atom. The molecule has 0 radical (unpaired) electrons. The molecule has 1 aromatic heterocycles. The van der Waals surface area contributed by atoms with E-state index in [0.29, 0.717) is 6.04 Å².